The number of benzene rings is 1. The van der Waals surface area contributed by atoms with E-state index < -0.39 is 0 Å². The Labute approximate surface area is 123 Å². The summed E-state index contributed by atoms with van der Waals surface area (Å²) in [6.45, 7) is 4.35. The van der Waals surface area contributed by atoms with Gasteiger partial charge in [0.1, 0.15) is 5.78 Å². The van der Waals surface area contributed by atoms with Gasteiger partial charge in [0.2, 0.25) is 0 Å². The highest BCUT2D eigenvalue weighted by atomic mass is 16.1. The van der Waals surface area contributed by atoms with Crippen LogP contribution in [0.3, 0.4) is 0 Å². The van der Waals surface area contributed by atoms with Gasteiger partial charge in [0, 0.05) is 12.3 Å². The Bertz CT molecular complexity index is 410. The first-order valence-corrected chi connectivity index (χ1v) is 8.27. The van der Waals surface area contributed by atoms with Gasteiger partial charge in [-0.25, -0.2) is 0 Å². The lowest BCUT2D eigenvalue weighted by Crippen LogP contribution is -2.23. The summed E-state index contributed by atoms with van der Waals surface area (Å²) in [5, 5.41) is 0. The predicted molar refractivity (Wildman–Crippen MR) is 84.9 cm³/mol. The van der Waals surface area contributed by atoms with Crippen LogP contribution in [0.15, 0.2) is 24.3 Å². The van der Waals surface area contributed by atoms with Crippen LogP contribution < -0.4 is 0 Å². The van der Waals surface area contributed by atoms with Crippen molar-refractivity contribution in [1.29, 1.82) is 0 Å². The molecule has 1 aromatic rings. The monoisotopic (exact) mass is 272 g/mol. The largest absolute Gasteiger partial charge is 0.299 e. The van der Waals surface area contributed by atoms with E-state index in [0.29, 0.717) is 18.1 Å². The molecule has 1 fully saturated rings. The summed E-state index contributed by atoms with van der Waals surface area (Å²) in [5.74, 6) is 1.68. The van der Waals surface area contributed by atoms with Crippen molar-refractivity contribution >= 4 is 5.78 Å². The van der Waals surface area contributed by atoms with Crippen molar-refractivity contribution in [2.45, 2.75) is 65.2 Å². The van der Waals surface area contributed by atoms with Crippen LogP contribution in [0, 0.1) is 18.8 Å². The lowest BCUT2D eigenvalue weighted by Gasteiger charge is -2.27. The van der Waals surface area contributed by atoms with Gasteiger partial charge >= 0.3 is 0 Å². The Morgan fingerprint density at radius 1 is 1.10 bits per heavy atom. The van der Waals surface area contributed by atoms with E-state index in [1.165, 1.54) is 43.2 Å². The predicted octanol–water partition coefficient (Wildman–Crippen LogP) is 5.10. The Hall–Kier alpha value is -1.11. The number of ketones is 1. The highest BCUT2D eigenvalue weighted by molar-refractivity contribution is 5.83. The Balaban J connectivity index is 1.78. The van der Waals surface area contributed by atoms with Crippen LogP contribution in [0.2, 0.25) is 0 Å². The van der Waals surface area contributed by atoms with Crippen LogP contribution in [0.25, 0.3) is 0 Å². The highest BCUT2D eigenvalue weighted by Crippen LogP contribution is 2.32. The topological polar surface area (TPSA) is 17.1 Å². The number of aryl methyl sites for hydroxylation is 1. The number of Topliss-reactive ketones (excluding diaryl/α,β-unsaturated/α-hetero) is 1. The molecule has 0 saturated heterocycles. The molecule has 1 saturated carbocycles. The molecule has 0 bridgehead atoms. The molecule has 0 radical (unpaired) electrons. The Morgan fingerprint density at radius 3 is 2.35 bits per heavy atom. The lowest BCUT2D eigenvalue weighted by molar-refractivity contribution is -0.123. The summed E-state index contributed by atoms with van der Waals surface area (Å²) in [6, 6.07) is 8.40. The molecule has 0 aromatic heterocycles. The lowest BCUT2D eigenvalue weighted by atomic mass is 9.77. The number of hydrogen-bond donors (Lipinski definition) is 0. The van der Waals surface area contributed by atoms with E-state index in [2.05, 4.69) is 38.1 Å². The number of unbranched alkanes of at least 4 members (excludes halogenated alkanes) is 1. The fourth-order valence-corrected chi connectivity index (χ4v) is 3.32. The zero-order valence-corrected chi connectivity index (χ0v) is 13.0. The minimum atomic E-state index is 0.328. The molecule has 0 heterocycles. The van der Waals surface area contributed by atoms with E-state index in [4.69, 9.17) is 0 Å². The standard InChI is InChI=1S/C19H28O/c1-3-4-5-16-10-12-18(13-11-16)19(20)14-17-8-6-15(2)7-9-17/h6-9,16,18H,3-5,10-14H2,1-2H3. The third-order valence-corrected chi connectivity index (χ3v) is 4.77. The molecule has 2 rings (SSSR count). The van der Waals surface area contributed by atoms with Crippen molar-refractivity contribution < 1.29 is 4.79 Å². The summed E-state index contributed by atoms with van der Waals surface area (Å²) in [5.41, 5.74) is 2.44. The number of carbonyl (C=O) groups excluding carboxylic acids is 1. The van der Waals surface area contributed by atoms with E-state index >= 15 is 0 Å². The van der Waals surface area contributed by atoms with Crippen molar-refractivity contribution in [1.82, 2.24) is 0 Å². The second-order valence-electron chi connectivity index (χ2n) is 6.49. The van der Waals surface area contributed by atoms with Crippen LogP contribution in [-0.2, 0) is 11.2 Å². The quantitative estimate of drug-likeness (QED) is 0.704. The van der Waals surface area contributed by atoms with Crippen LogP contribution in [0.4, 0.5) is 0 Å². The van der Waals surface area contributed by atoms with E-state index in [9.17, 15) is 4.79 Å². The third kappa shape index (κ3) is 4.47. The van der Waals surface area contributed by atoms with Gasteiger partial charge in [-0.1, -0.05) is 56.0 Å². The molecule has 0 N–H and O–H groups in total. The second-order valence-corrected chi connectivity index (χ2v) is 6.49. The molecule has 110 valence electrons. The second kappa shape index (κ2) is 7.61. The summed E-state index contributed by atoms with van der Waals surface area (Å²) in [7, 11) is 0. The first kappa shape index (κ1) is 15.3. The maximum absolute atomic E-state index is 12.4. The molecule has 1 aromatic carbocycles. The van der Waals surface area contributed by atoms with Gasteiger partial charge in [-0.3, -0.25) is 4.79 Å². The maximum Gasteiger partial charge on any atom is 0.140 e. The fourth-order valence-electron chi connectivity index (χ4n) is 3.32. The number of carbonyl (C=O) groups is 1. The third-order valence-electron chi connectivity index (χ3n) is 4.77. The number of rotatable bonds is 6. The van der Waals surface area contributed by atoms with E-state index in [-0.39, 0.29) is 0 Å². The van der Waals surface area contributed by atoms with Crippen molar-refractivity contribution in [3.05, 3.63) is 35.4 Å². The van der Waals surface area contributed by atoms with E-state index in [0.717, 1.165) is 18.8 Å². The van der Waals surface area contributed by atoms with Crippen molar-refractivity contribution in [2.75, 3.05) is 0 Å². The van der Waals surface area contributed by atoms with Crippen molar-refractivity contribution in [3.8, 4) is 0 Å². The molecule has 0 amide bonds. The molecule has 0 atom stereocenters. The van der Waals surface area contributed by atoms with Crippen LogP contribution in [0.1, 0.15) is 63.0 Å². The summed E-state index contributed by atoms with van der Waals surface area (Å²) < 4.78 is 0. The average Bonchev–Trinajstić information content (AvgIpc) is 2.48. The maximum atomic E-state index is 12.4. The molecule has 1 aliphatic rings. The molecule has 1 nitrogen and oxygen atoms in total. The molecule has 1 aliphatic carbocycles. The van der Waals surface area contributed by atoms with Crippen LogP contribution in [-0.4, -0.2) is 5.78 Å². The minimum Gasteiger partial charge on any atom is -0.299 e. The first-order valence-electron chi connectivity index (χ1n) is 8.27. The van der Waals surface area contributed by atoms with E-state index in [1.54, 1.807) is 0 Å². The smallest absolute Gasteiger partial charge is 0.140 e. The SMILES string of the molecule is CCCCC1CCC(C(=O)Cc2ccc(C)cc2)CC1. The molecular weight excluding hydrogens is 244 g/mol. The molecule has 0 unspecified atom stereocenters. The molecule has 0 aliphatic heterocycles. The minimum absolute atomic E-state index is 0.328. The van der Waals surface area contributed by atoms with Crippen molar-refractivity contribution in [3.63, 3.8) is 0 Å². The summed E-state index contributed by atoms with van der Waals surface area (Å²) >= 11 is 0. The van der Waals surface area contributed by atoms with Crippen molar-refractivity contribution in [2.24, 2.45) is 11.8 Å². The molecule has 20 heavy (non-hydrogen) atoms. The summed E-state index contributed by atoms with van der Waals surface area (Å²) in [6.07, 6.45) is 9.44. The van der Waals surface area contributed by atoms with Gasteiger partial charge < -0.3 is 0 Å². The van der Waals surface area contributed by atoms with E-state index in [1.807, 2.05) is 0 Å². The Kier molecular flexibility index (Phi) is 5.82. The van der Waals surface area contributed by atoms with Gasteiger partial charge in [-0.2, -0.15) is 0 Å². The fraction of sp³-hybridized carbons (Fsp3) is 0.632. The highest BCUT2D eigenvalue weighted by Gasteiger charge is 2.25. The molecule has 1 heteroatoms. The molecular formula is C19H28O. The number of hydrogen-bond acceptors (Lipinski definition) is 1. The summed E-state index contributed by atoms with van der Waals surface area (Å²) in [4.78, 5) is 12.4. The molecule has 0 spiro atoms. The first-order chi connectivity index (χ1) is 9.69. The van der Waals surface area contributed by atoms with Gasteiger partial charge in [0.25, 0.3) is 0 Å². The average molecular weight is 272 g/mol. The zero-order chi connectivity index (χ0) is 14.4. The van der Waals surface area contributed by atoms with Gasteiger partial charge in [0.05, 0.1) is 0 Å². The van der Waals surface area contributed by atoms with Gasteiger partial charge in [-0.05, 0) is 44.1 Å². The Morgan fingerprint density at radius 2 is 1.75 bits per heavy atom. The normalized spacial score (nSPS) is 22.7. The zero-order valence-electron chi connectivity index (χ0n) is 13.0. The van der Waals surface area contributed by atoms with Gasteiger partial charge in [0.15, 0.2) is 0 Å². The van der Waals surface area contributed by atoms with Crippen LogP contribution >= 0.6 is 0 Å². The van der Waals surface area contributed by atoms with Gasteiger partial charge in [-0.15, -0.1) is 0 Å². The van der Waals surface area contributed by atoms with Crippen LogP contribution in [0.5, 0.6) is 0 Å².